The van der Waals surface area contributed by atoms with Crippen molar-refractivity contribution in [3.05, 3.63) is 0 Å². The highest BCUT2D eigenvalue weighted by Gasteiger charge is 2.13. The van der Waals surface area contributed by atoms with Crippen molar-refractivity contribution in [2.24, 2.45) is 5.92 Å². The summed E-state index contributed by atoms with van der Waals surface area (Å²) >= 11 is 0. The molecule has 0 bridgehead atoms. The van der Waals surface area contributed by atoms with E-state index in [1.165, 1.54) is 6.42 Å². The Hall–Kier alpha value is -0.0800. The second kappa shape index (κ2) is 3.05. The van der Waals surface area contributed by atoms with E-state index in [1.807, 2.05) is 0 Å². The molecule has 1 rings (SSSR count). The number of ether oxygens (including phenoxy) is 1. The number of nitrogens with zero attached hydrogens (tertiary/aromatic N) is 1. The fraction of sp³-hybridized carbons (Fsp3) is 1.00. The summed E-state index contributed by atoms with van der Waals surface area (Å²) in [6, 6.07) is 0. The first-order valence-electron chi connectivity index (χ1n) is 3.05. The standard InChI is InChI=1S/C6H12NO/c1-8-5-6-2-3-7-4-6/h6H,2-5H2,1H3/t6-/m1/s1. The van der Waals surface area contributed by atoms with Gasteiger partial charge in [-0.15, -0.1) is 0 Å². The molecular formula is C6H12NO. The van der Waals surface area contributed by atoms with Gasteiger partial charge >= 0.3 is 0 Å². The summed E-state index contributed by atoms with van der Waals surface area (Å²) in [6.45, 7) is 2.96. The Morgan fingerprint density at radius 3 is 3.12 bits per heavy atom. The molecule has 0 amide bonds. The molecule has 1 heterocycles. The summed E-state index contributed by atoms with van der Waals surface area (Å²) in [5.41, 5.74) is 0. The molecule has 0 saturated carbocycles. The highest BCUT2D eigenvalue weighted by atomic mass is 16.5. The fourth-order valence-electron chi connectivity index (χ4n) is 1.01. The van der Waals surface area contributed by atoms with E-state index in [1.54, 1.807) is 7.11 Å². The van der Waals surface area contributed by atoms with Crippen molar-refractivity contribution in [1.29, 1.82) is 0 Å². The first kappa shape index (κ1) is 6.05. The van der Waals surface area contributed by atoms with E-state index in [2.05, 4.69) is 5.32 Å². The van der Waals surface area contributed by atoms with Crippen LogP contribution in [-0.4, -0.2) is 26.8 Å². The first-order chi connectivity index (χ1) is 3.93. The lowest BCUT2D eigenvalue weighted by atomic mass is 10.1. The predicted molar refractivity (Wildman–Crippen MR) is 31.9 cm³/mol. The van der Waals surface area contributed by atoms with Gasteiger partial charge in [0.05, 0.1) is 6.61 Å². The van der Waals surface area contributed by atoms with E-state index >= 15 is 0 Å². The summed E-state index contributed by atoms with van der Waals surface area (Å²) in [5, 5.41) is 4.20. The van der Waals surface area contributed by atoms with Crippen LogP contribution in [0.4, 0.5) is 0 Å². The maximum Gasteiger partial charge on any atom is 0.0503 e. The zero-order valence-electron chi connectivity index (χ0n) is 5.26. The molecule has 0 aromatic rings. The molecule has 0 spiro atoms. The van der Waals surface area contributed by atoms with Gasteiger partial charge in [0.2, 0.25) is 0 Å². The van der Waals surface area contributed by atoms with Gasteiger partial charge in [-0.1, -0.05) is 0 Å². The molecule has 2 heteroatoms. The summed E-state index contributed by atoms with van der Waals surface area (Å²) < 4.78 is 4.97. The average Bonchev–Trinajstić information content (AvgIpc) is 2.19. The minimum absolute atomic E-state index is 0.722. The van der Waals surface area contributed by atoms with Crippen LogP contribution >= 0.6 is 0 Å². The number of hydrogen-bond donors (Lipinski definition) is 0. The van der Waals surface area contributed by atoms with Crippen molar-refractivity contribution >= 4 is 0 Å². The topological polar surface area (TPSA) is 23.3 Å². The molecule has 1 fully saturated rings. The van der Waals surface area contributed by atoms with E-state index in [4.69, 9.17) is 4.74 Å². The summed E-state index contributed by atoms with van der Waals surface area (Å²) in [7, 11) is 1.75. The third-order valence-corrected chi connectivity index (χ3v) is 1.49. The SMILES string of the molecule is COC[C@@H]1CC[N]C1. The van der Waals surface area contributed by atoms with Gasteiger partial charge in [-0.25, -0.2) is 5.32 Å². The molecule has 1 aliphatic heterocycles. The van der Waals surface area contributed by atoms with Crippen molar-refractivity contribution in [2.45, 2.75) is 6.42 Å². The van der Waals surface area contributed by atoms with E-state index in [0.717, 1.165) is 25.6 Å². The van der Waals surface area contributed by atoms with Crippen LogP contribution in [0.3, 0.4) is 0 Å². The van der Waals surface area contributed by atoms with E-state index in [-0.39, 0.29) is 0 Å². The lowest BCUT2D eigenvalue weighted by molar-refractivity contribution is 0.160. The zero-order chi connectivity index (χ0) is 5.82. The lowest BCUT2D eigenvalue weighted by Crippen LogP contribution is -2.08. The molecule has 2 nitrogen and oxygen atoms in total. The molecule has 47 valence electrons. The van der Waals surface area contributed by atoms with Gasteiger partial charge in [-0.2, -0.15) is 0 Å². The Morgan fingerprint density at radius 2 is 2.62 bits per heavy atom. The molecule has 1 radical (unpaired) electrons. The molecule has 0 aromatic carbocycles. The minimum atomic E-state index is 0.722. The fourth-order valence-corrected chi connectivity index (χ4v) is 1.01. The van der Waals surface area contributed by atoms with Gasteiger partial charge in [0.15, 0.2) is 0 Å². The van der Waals surface area contributed by atoms with Crippen LogP contribution in [0.5, 0.6) is 0 Å². The smallest absolute Gasteiger partial charge is 0.0503 e. The van der Waals surface area contributed by atoms with E-state index in [0.29, 0.717) is 0 Å². The van der Waals surface area contributed by atoms with Crippen molar-refractivity contribution in [2.75, 3.05) is 26.8 Å². The van der Waals surface area contributed by atoms with Gasteiger partial charge in [-0.3, -0.25) is 0 Å². The first-order valence-corrected chi connectivity index (χ1v) is 3.05. The van der Waals surface area contributed by atoms with Crippen LogP contribution in [0.15, 0.2) is 0 Å². The van der Waals surface area contributed by atoms with Gasteiger partial charge in [0.1, 0.15) is 0 Å². The zero-order valence-corrected chi connectivity index (χ0v) is 5.26. The summed E-state index contributed by atoms with van der Waals surface area (Å²) in [4.78, 5) is 0. The van der Waals surface area contributed by atoms with Crippen LogP contribution in [0.2, 0.25) is 0 Å². The van der Waals surface area contributed by atoms with Crippen LogP contribution in [0, 0.1) is 5.92 Å². The van der Waals surface area contributed by atoms with Crippen molar-refractivity contribution in [1.82, 2.24) is 5.32 Å². The van der Waals surface area contributed by atoms with E-state index in [9.17, 15) is 0 Å². The van der Waals surface area contributed by atoms with Crippen molar-refractivity contribution < 1.29 is 4.74 Å². The Morgan fingerprint density at radius 1 is 1.75 bits per heavy atom. The van der Waals surface area contributed by atoms with Crippen LogP contribution in [0.1, 0.15) is 6.42 Å². The number of hydrogen-bond acceptors (Lipinski definition) is 1. The molecule has 1 aliphatic rings. The Labute approximate surface area is 50.2 Å². The van der Waals surface area contributed by atoms with Crippen LogP contribution < -0.4 is 5.32 Å². The molecule has 0 N–H and O–H groups in total. The second-order valence-electron chi connectivity index (χ2n) is 2.24. The second-order valence-corrected chi connectivity index (χ2v) is 2.24. The maximum atomic E-state index is 4.97. The van der Waals surface area contributed by atoms with Crippen LogP contribution in [0.25, 0.3) is 0 Å². The minimum Gasteiger partial charge on any atom is -0.384 e. The molecule has 1 saturated heterocycles. The van der Waals surface area contributed by atoms with Crippen molar-refractivity contribution in [3.8, 4) is 0 Å². The highest BCUT2D eigenvalue weighted by Crippen LogP contribution is 2.07. The molecule has 0 aliphatic carbocycles. The van der Waals surface area contributed by atoms with E-state index < -0.39 is 0 Å². The molecule has 8 heavy (non-hydrogen) atoms. The maximum absolute atomic E-state index is 4.97. The number of methoxy groups -OCH3 is 1. The molecule has 0 unspecified atom stereocenters. The largest absolute Gasteiger partial charge is 0.384 e. The number of rotatable bonds is 2. The van der Waals surface area contributed by atoms with Gasteiger partial charge in [0, 0.05) is 20.2 Å². The average molecular weight is 114 g/mol. The predicted octanol–water partition coefficient (Wildman–Crippen LogP) is 0.257. The highest BCUT2D eigenvalue weighted by molar-refractivity contribution is 4.69. The lowest BCUT2D eigenvalue weighted by Gasteiger charge is -2.02. The Bertz CT molecular complexity index is 59.5. The normalized spacial score (nSPS) is 28.9. The Balaban J connectivity index is 2.06. The monoisotopic (exact) mass is 114 g/mol. The van der Waals surface area contributed by atoms with Gasteiger partial charge in [0.25, 0.3) is 0 Å². The molecule has 0 aromatic heterocycles. The quantitative estimate of drug-likeness (QED) is 0.505. The molecular weight excluding hydrogens is 102 g/mol. The van der Waals surface area contributed by atoms with Crippen molar-refractivity contribution in [3.63, 3.8) is 0 Å². The van der Waals surface area contributed by atoms with Crippen LogP contribution in [-0.2, 0) is 4.74 Å². The van der Waals surface area contributed by atoms with Gasteiger partial charge < -0.3 is 4.74 Å². The summed E-state index contributed by atoms with van der Waals surface area (Å²) in [6.07, 6.45) is 1.23. The third kappa shape index (κ3) is 1.46. The molecule has 1 atom stereocenters. The Kier molecular flexibility index (Phi) is 2.30. The third-order valence-electron chi connectivity index (χ3n) is 1.49. The van der Waals surface area contributed by atoms with Gasteiger partial charge in [-0.05, 0) is 12.3 Å². The summed E-state index contributed by atoms with van der Waals surface area (Å²) in [5.74, 6) is 0.722.